The monoisotopic (exact) mass is 710 g/mol. The molecule has 0 atom stereocenters. The van der Waals surface area contributed by atoms with Crippen molar-refractivity contribution in [2.75, 3.05) is 0 Å². The van der Waals surface area contributed by atoms with E-state index >= 15 is 0 Å². The Morgan fingerprint density at radius 1 is 0.553 bits per heavy atom. The van der Waals surface area contributed by atoms with E-state index in [-0.39, 0.29) is 70.6 Å². The number of para-hydroxylation sites is 1. The molecule has 0 N–H and O–H groups in total. The van der Waals surface area contributed by atoms with Gasteiger partial charge in [0, 0.05) is 0 Å². The van der Waals surface area contributed by atoms with Gasteiger partial charge in [-0.15, -0.1) is 0 Å². The summed E-state index contributed by atoms with van der Waals surface area (Å²) in [5.41, 5.74) is 1.08. The van der Waals surface area contributed by atoms with Crippen LogP contribution in [0.25, 0.3) is 0 Å². The molecule has 0 unspecified atom stereocenters. The molecule has 2 rings (SSSR count). The molecule has 0 heterocycles. The fourth-order valence-corrected chi connectivity index (χ4v) is 7.85. The van der Waals surface area contributed by atoms with Crippen LogP contribution in [0, 0.1) is 0 Å². The Morgan fingerprint density at radius 2 is 0.957 bits per heavy atom. The Bertz CT molecular complexity index is 1320. The molecule has 0 spiro atoms. The third-order valence-electron chi connectivity index (χ3n) is 8.46. The van der Waals surface area contributed by atoms with Gasteiger partial charge in [0.2, 0.25) is 0 Å². The maximum Gasteiger partial charge on any atom is 1.00 e. The van der Waals surface area contributed by atoms with Crippen LogP contribution < -0.4 is 63.9 Å². The van der Waals surface area contributed by atoms with E-state index < -0.39 is 30.0 Å². The minimum absolute atomic E-state index is 0. The van der Waals surface area contributed by atoms with Crippen molar-refractivity contribution in [1.82, 2.24) is 0 Å². The fraction of sp³-hybridized carbons (Fsp3) is 0.667. The van der Waals surface area contributed by atoms with Gasteiger partial charge < -0.3 is 13.8 Å². The van der Waals surface area contributed by atoms with Gasteiger partial charge in [-0.25, -0.2) is 16.8 Å². The van der Waals surface area contributed by atoms with Gasteiger partial charge in [-0.05, 0) is 55.0 Å². The molecular formula is C36H56Na2O7S2. The van der Waals surface area contributed by atoms with Gasteiger partial charge >= 0.3 is 59.1 Å². The zero-order chi connectivity index (χ0) is 33.0. The quantitative estimate of drug-likeness (QED) is 0.0814. The van der Waals surface area contributed by atoms with Crippen molar-refractivity contribution in [3.8, 4) is 11.5 Å². The van der Waals surface area contributed by atoms with Crippen molar-refractivity contribution < 1.29 is 89.8 Å². The van der Waals surface area contributed by atoms with Gasteiger partial charge in [0.05, 0.1) is 4.90 Å². The molecule has 0 amide bonds. The second-order valence-electron chi connectivity index (χ2n) is 12.4. The van der Waals surface area contributed by atoms with E-state index in [9.17, 15) is 25.9 Å². The zero-order valence-electron chi connectivity index (χ0n) is 29.7. The third kappa shape index (κ3) is 19.3. The van der Waals surface area contributed by atoms with E-state index in [1.807, 2.05) is 0 Å². The van der Waals surface area contributed by atoms with Crippen LogP contribution in [0.5, 0.6) is 11.5 Å². The number of benzene rings is 2. The van der Waals surface area contributed by atoms with Crippen LogP contribution in [0.15, 0.2) is 46.2 Å². The first-order chi connectivity index (χ1) is 21.6. The molecule has 0 aromatic heterocycles. The second-order valence-corrected chi connectivity index (χ2v) is 15.0. The minimum atomic E-state index is -5.36. The standard InChI is InChI=1S/C36H58O7S2.2Na/c1-3-5-7-9-11-13-15-17-19-22-26-31-30-34(44(37,38)39)36(45(40,41)42)35(43-32-27-23-21-24-28-32)33(31)29-25-20-18-16-14-12-10-8-6-4-2;;/h21,23-24,27-28,30H,3-20,22,25-26,29H2,1-2H3,(H,37,38,39)(H,40,41,42);;/q;2*+1/p-2. The average Bonchev–Trinajstić information content (AvgIpc) is 2.99. The summed E-state index contributed by atoms with van der Waals surface area (Å²) in [5, 5.41) is 0. The minimum Gasteiger partial charge on any atom is -0.744 e. The van der Waals surface area contributed by atoms with Crippen molar-refractivity contribution in [1.29, 1.82) is 0 Å². The zero-order valence-corrected chi connectivity index (χ0v) is 35.3. The number of hydrogen-bond acceptors (Lipinski definition) is 7. The number of hydrogen-bond donors (Lipinski definition) is 0. The van der Waals surface area contributed by atoms with Crippen LogP contribution in [0.4, 0.5) is 0 Å². The molecule has 0 saturated heterocycles. The van der Waals surface area contributed by atoms with Crippen molar-refractivity contribution in [3.05, 3.63) is 47.5 Å². The van der Waals surface area contributed by atoms with Gasteiger partial charge in [-0.2, -0.15) is 0 Å². The smallest absolute Gasteiger partial charge is 0.744 e. The molecule has 2 aromatic rings. The van der Waals surface area contributed by atoms with Crippen molar-refractivity contribution in [2.45, 2.75) is 165 Å². The molecule has 7 nitrogen and oxygen atoms in total. The van der Waals surface area contributed by atoms with E-state index in [4.69, 9.17) is 4.74 Å². The van der Waals surface area contributed by atoms with Gasteiger partial charge in [0.25, 0.3) is 0 Å². The van der Waals surface area contributed by atoms with Crippen molar-refractivity contribution >= 4 is 20.2 Å². The number of ether oxygens (including phenoxy) is 1. The predicted octanol–water partition coefficient (Wildman–Crippen LogP) is 4.22. The van der Waals surface area contributed by atoms with Crippen LogP contribution in [0.1, 0.15) is 153 Å². The van der Waals surface area contributed by atoms with Crippen molar-refractivity contribution in [2.24, 2.45) is 0 Å². The number of aryl methyl sites for hydroxylation is 1. The molecule has 2 aromatic carbocycles. The third-order valence-corrected chi connectivity index (χ3v) is 10.4. The topological polar surface area (TPSA) is 124 Å². The summed E-state index contributed by atoms with van der Waals surface area (Å²) in [4.78, 5) is -2.09. The molecular weight excluding hydrogens is 655 g/mol. The van der Waals surface area contributed by atoms with Crippen molar-refractivity contribution in [3.63, 3.8) is 0 Å². The second kappa shape index (κ2) is 26.8. The van der Waals surface area contributed by atoms with E-state index in [0.717, 1.165) is 57.4 Å². The van der Waals surface area contributed by atoms with E-state index in [1.165, 1.54) is 77.0 Å². The summed E-state index contributed by atoms with van der Waals surface area (Å²) in [5.74, 6) is -0.0526. The van der Waals surface area contributed by atoms with Crippen LogP contribution >= 0.6 is 0 Å². The normalized spacial score (nSPS) is 11.6. The van der Waals surface area contributed by atoms with Gasteiger partial charge in [-0.3, -0.25) is 0 Å². The molecule has 0 aliphatic rings. The van der Waals surface area contributed by atoms with Crippen LogP contribution in [0.2, 0.25) is 0 Å². The first-order valence-electron chi connectivity index (χ1n) is 17.4. The molecule has 0 radical (unpaired) electrons. The van der Waals surface area contributed by atoms with Crippen LogP contribution in [-0.4, -0.2) is 25.9 Å². The van der Waals surface area contributed by atoms with E-state index in [0.29, 0.717) is 24.0 Å². The summed E-state index contributed by atoms with van der Waals surface area (Å²) in [6, 6.07) is 9.49. The maximum absolute atomic E-state index is 12.5. The summed E-state index contributed by atoms with van der Waals surface area (Å²) in [6.45, 7) is 4.42. The SMILES string of the molecule is CCCCCCCCCCCCc1cc(S(=O)(=O)[O-])c(S(=O)(=O)[O-])c(Oc2ccccc2)c1CCCCCCCCCCCC.[Na+].[Na+]. The Labute approximate surface area is 330 Å². The largest absolute Gasteiger partial charge is 1.00 e. The number of rotatable bonds is 26. The summed E-state index contributed by atoms with van der Waals surface area (Å²) < 4.78 is 80.6. The summed E-state index contributed by atoms with van der Waals surface area (Å²) in [7, 11) is -10.6. The molecule has 256 valence electrons. The molecule has 11 heteroatoms. The van der Waals surface area contributed by atoms with Crippen LogP contribution in [0.3, 0.4) is 0 Å². The van der Waals surface area contributed by atoms with E-state index in [1.54, 1.807) is 30.3 Å². The Hall–Kier alpha value is 0.0600. The van der Waals surface area contributed by atoms with Gasteiger partial charge in [-0.1, -0.05) is 148 Å². The summed E-state index contributed by atoms with van der Waals surface area (Å²) in [6.07, 6.45) is 23.5. The first kappa shape index (κ1) is 47.1. The molecule has 47 heavy (non-hydrogen) atoms. The molecule has 0 fully saturated rings. The molecule has 0 aliphatic heterocycles. The Morgan fingerprint density at radius 3 is 1.36 bits per heavy atom. The van der Waals surface area contributed by atoms with Gasteiger partial charge in [0.15, 0.2) is 0 Å². The maximum atomic E-state index is 12.5. The Kier molecular flexibility index (Phi) is 26.8. The van der Waals surface area contributed by atoms with Gasteiger partial charge in [0.1, 0.15) is 36.6 Å². The summed E-state index contributed by atoms with van der Waals surface area (Å²) >= 11 is 0. The van der Waals surface area contributed by atoms with Crippen LogP contribution in [-0.2, 0) is 33.1 Å². The number of unbranched alkanes of at least 4 members (excludes halogenated alkanes) is 18. The van der Waals surface area contributed by atoms with E-state index in [2.05, 4.69) is 13.8 Å². The average molecular weight is 711 g/mol. The Balaban J connectivity index is 0.0000106. The first-order valence-corrected chi connectivity index (χ1v) is 20.2. The predicted molar refractivity (Wildman–Crippen MR) is 180 cm³/mol. The molecule has 0 bridgehead atoms. The molecule has 0 aliphatic carbocycles. The fourth-order valence-electron chi connectivity index (χ4n) is 5.93. The molecule has 0 saturated carbocycles.